The van der Waals surface area contributed by atoms with Crippen molar-refractivity contribution in [1.29, 1.82) is 0 Å². The number of hydrogen-bond acceptors (Lipinski definition) is 2. The van der Waals surface area contributed by atoms with Gasteiger partial charge in [-0.2, -0.15) is 0 Å². The third-order valence-electron chi connectivity index (χ3n) is 5.36. The Morgan fingerprint density at radius 1 is 0.733 bits per heavy atom. The zero-order valence-electron chi connectivity index (χ0n) is 17.2. The lowest BCUT2D eigenvalue weighted by Gasteiger charge is -2.36. The van der Waals surface area contributed by atoms with Gasteiger partial charge in [-0.25, -0.2) is 0 Å². The first-order valence-corrected chi connectivity index (χ1v) is 10.1. The molecule has 2 heteroatoms. The van der Waals surface area contributed by atoms with Crippen LogP contribution in [-0.4, -0.2) is 4.98 Å². The molecule has 0 unspecified atom stereocenters. The number of aromatic nitrogens is 1. The molecule has 30 heavy (non-hydrogen) atoms. The van der Waals surface area contributed by atoms with E-state index in [-0.39, 0.29) is 0 Å². The van der Waals surface area contributed by atoms with Gasteiger partial charge in [0.15, 0.2) is 0 Å². The van der Waals surface area contributed by atoms with Crippen molar-refractivity contribution in [2.75, 3.05) is 0 Å². The van der Waals surface area contributed by atoms with Crippen molar-refractivity contribution in [2.45, 2.75) is 19.1 Å². The van der Waals surface area contributed by atoms with Crippen molar-refractivity contribution in [1.82, 2.24) is 4.98 Å². The third-order valence-corrected chi connectivity index (χ3v) is 5.36. The van der Waals surface area contributed by atoms with Gasteiger partial charge in [0.25, 0.3) is 0 Å². The van der Waals surface area contributed by atoms with Crippen LogP contribution in [0.1, 0.15) is 33.6 Å². The molecular weight excluding hydrogens is 366 g/mol. The Balaban J connectivity index is 1.86. The van der Waals surface area contributed by atoms with Crippen LogP contribution in [0.2, 0.25) is 0 Å². The second-order valence-electron chi connectivity index (χ2n) is 7.28. The molecule has 0 aliphatic carbocycles. The number of rotatable bonds is 7. The average Bonchev–Trinajstić information content (AvgIpc) is 2.82. The highest BCUT2D eigenvalue weighted by atomic mass is 16.5. The van der Waals surface area contributed by atoms with Crippen LogP contribution in [0.5, 0.6) is 0 Å². The molecular formula is C28H25NO. The molecule has 0 radical (unpaired) electrons. The molecule has 0 saturated carbocycles. The quantitative estimate of drug-likeness (QED) is 0.334. The first-order valence-electron chi connectivity index (χ1n) is 10.1. The molecule has 1 aromatic heterocycles. The van der Waals surface area contributed by atoms with E-state index in [1.807, 2.05) is 31.2 Å². The second-order valence-corrected chi connectivity index (χ2v) is 7.28. The Morgan fingerprint density at radius 3 is 1.63 bits per heavy atom. The molecule has 4 aromatic rings. The number of ether oxygens (including phenoxy) is 1. The summed E-state index contributed by atoms with van der Waals surface area (Å²) < 4.78 is 6.82. The van der Waals surface area contributed by atoms with Crippen LogP contribution in [0, 0.1) is 6.92 Å². The minimum Gasteiger partial charge on any atom is -0.355 e. The third kappa shape index (κ3) is 3.83. The van der Waals surface area contributed by atoms with E-state index in [1.54, 1.807) is 6.08 Å². The van der Waals surface area contributed by atoms with Crippen LogP contribution < -0.4 is 0 Å². The molecule has 0 aliphatic heterocycles. The SMILES string of the molecule is C=Cc1nc(COC(c2ccccc2)(c2ccccc2)c2ccccc2)ccc1C. The Morgan fingerprint density at radius 2 is 1.20 bits per heavy atom. The molecule has 1 heterocycles. The van der Waals surface area contributed by atoms with Gasteiger partial charge in [0.1, 0.15) is 5.60 Å². The highest BCUT2D eigenvalue weighted by Crippen LogP contribution is 2.41. The summed E-state index contributed by atoms with van der Waals surface area (Å²) in [5.74, 6) is 0. The molecule has 148 valence electrons. The molecule has 0 spiro atoms. The van der Waals surface area contributed by atoms with Crippen LogP contribution in [0.3, 0.4) is 0 Å². The van der Waals surface area contributed by atoms with Gasteiger partial charge in [-0.3, -0.25) is 4.98 Å². The molecule has 0 aliphatic rings. The summed E-state index contributed by atoms with van der Waals surface area (Å²) in [5.41, 5.74) is 5.37. The standard InChI is InChI=1S/C28H25NO/c1-3-27-22(2)19-20-26(29-27)21-30-28(23-13-7-4-8-14-23,24-15-9-5-10-16-24)25-17-11-6-12-18-25/h3-20H,1,21H2,2H3. The smallest absolute Gasteiger partial charge is 0.144 e. The molecule has 4 rings (SSSR count). The summed E-state index contributed by atoms with van der Waals surface area (Å²) in [5, 5.41) is 0. The topological polar surface area (TPSA) is 22.1 Å². The lowest BCUT2D eigenvalue weighted by Crippen LogP contribution is -2.33. The summed E-state index contributed by atoms with van der Waals surface area (Å²) in [4.78, 5) is 4.73. The molecule has 0 fully saturated rings. The Labute approximate surface area is 178 Å². The van der Waals surface area contributed by atoms with Crippen molar-refractivity contribution in [3.8, 4) is 0 Å². The minimum absolute atomic E-state index is 0.375. The fraction of sp³-hybridized carbons (Fsp3) is 0.107. The Hall–Kier alpha value is -3.49. The summed E-state index contributed by atoms with van der Waals surface area (Å²) in [6, 6.07) is 35.2. The van der Waals surface area contributed by atoms with Crippen molar-refractivity contribution in [3.05, 3.63) is 143 Å². The van der Waals surface area contributed by atoms with Gasteiger partial charge in [0.05, 0.1) is 18.0 Å². The Kier molecular flexibility index (Phi) is 5.87. The molecule has 0 saturated heterocycles. The van der Waals surface area contributed by atoms with Crippen LogP contribution in [0.4, 0.5) is 0 Å². The molecule has 2 nitrogen and oxygen atoms in total. The van der Waals surface area contributed by atoms with Gasteiger partial charge in [-0.05, 0) is 41.3 Å². The van der Waals surface area contributed by atoms with E-state index in [2.05, 4.69) is 85.4 Å². The van der Waals surface area contributed by atoms with E-state index < -0.39 is 5.60 Å². The monoisotopic (exact) mass is 391 g/mol. The van der Waals surface area contributed by atoms with E-state index in [1.165, 1.54) is 0 Å². The molecule has 0 bridgehead atoms. The first kappa shape index (κ1) is 19.8. The van der Waals surface area contributed by atoms with Crippen molar-refractivity contribution in [2.24, 2.45) is 0 Å². The minimum atomic E-state index is -0.745. The van der Waals surface area contributed by atoms with Gasteiger partial charge < -0.3 is 4.74 Å². The number of aryl methyl sites for hydroxylation is 1. The lowest BCUT2D eigenvalue weighted by atomic mass is 9.80. The van der Waals surface area contributed by atoms with Crippen LogP contribution >= 0.6 is 0 Å². The van der Waals surface area contributed by atoms with Gasteiger partial charge in [-0.15, -0.1) is 0 Å². The fourth-order valence-corrected chi connectivity index (χ4v) is 3.82. The van der Waals surface area contributed by atoms with E-state index in [4.69, 9.17) is 9.72 Å². The number of benzene rings is 3. The van der Waals surface area contributed by atoms with Crippen LogP contribution in [0.15, 0.2) is 110 Å². The average molecular weight is 392 g/mol. The first-order chi connectivity index (χ1) is 14.7. The highest BCUT2D eigenvalue weighted by Gasteiger charge is 2.37. The van der Waals surface area contributed by atoms with E-state index in [0.717, 1.165) is 33.6 Å². The normalized spacial score (nSPS) is 11.2. The van der Waals surface area contributed by atoms with Gasteiger partial charge in [-0.1, -0.05) is 104 Å². The molecule has 0 atom stereocenters. The van der Waals surface area contributed by atoms with Crippen LogP contribution in [-0.2, 0) is 16.9 Å². The molecule has 0 amide bonds. The predicted octanol–water partition coefficient (Wildman–Crippen LogP) is 6.54. The van der Waals surface area contributed by atoms with Crippen molar-refractivity contribution in [3.63, 3.8) is 0 Å². The number of hydrogen-bond donors (Lipinski definition) is 0. The number of nitrogens with zero attached hydrogens (tertiary/aromatic N) is 1. The summed E-state index contributed by atoms with van der Waals surface area (Å²) in [6.45, 7) is 6.29. The summed E-state index contributed by atoms with van der Waals surface area (Å²) in [7, 11) is 0. The maximum atomic E-state index is 6.82. The predicted molar refractivity (Wildman–Crippen MR) is 123 cm³/mol. The maximum Gasteiger partial charge on any atom is 0.144 e. The van der Waals surface area contributed by atoms with E-state index >= 15 is 0 Å². The Bertz CT molecular complexity index is 1010. The number of pyridine rings is 1. The fourth-order valence-electron chi connectivity index (χ4n) is 3.82. The maximum absolute atomic E-state index is 6.82. The van der Waals surface area contributed by atoms with E-state index in [9.17, 15) is 0 Å². The van der Waals surface area contributed by atoms with Gasteiger partial charge in [0, 0.05) is 0 Å². The highest BCUT2D eigenvalue weighted by molar-refractivity contribution is 5.48. The summed E-state index contributed by atoms with van der Waals surface area (Å²) in [6.07, 6.45) is 1.79. The zero-order valence-corrected chi connectivity index (χ0v) is 17.2. The largest absolute Gasteiger partial charge is 0.355 e. The molecule has 3 aromatic carbocycles. The van der Waals surface area contributed by atoms with Gasteiger partial charge in [0.2, 0.25) is 0 Å². The summed E-state index contributed by atoms with van der Waals surface area (Å²) >= 11 is 0. The van der Waals surface area contributed by atoms with Crippen molar-refractivity contribution >= 4 is 6.08 Å². The van der Waals surface area contributed by atoms with Crippen molar-refractivity contribution < 1.29 is 4.74 Å². The van der Waals surface area contributed by atoms with E-state index in [0.29, 0.717) is 6.61 Å². The second kappa shape index (κ2) is 8.89. The van der Waals surface area contributed by atoms with Crippen LogP contribution in [0.25, 0.3) is 6.08 Å². The van der Waals surface area contributed by atoms with Gasteiger partial charge >= 0.3 is 0 Å². The molecule has 0 N–H and O–H groups in total. The zero-order chi connectivity index (χ0) is 20.8. The lowest BCUT2D eigenvalue weighted by molar-refractivity contribution is -0.00142.